The fraction of sp³-hybridized carbons (Fsp3) is 0.188. The number of aryl methyl sites for hydroxylation is 1. The van der Waals surface area contributed by atoms with Crippen molar-refractivity contribution in [3.05, 3.63) is 47.5 Å². The topological polar surface area (TPSA) is 43.8 Å². The second-order valence-electron chi connectivity index (χ2n) is 4.85. The Bertz CT molecular complexity index is 762. The molecule has 1 aromatic heterocycles. The van der Waals surface area contributed by atoms with Gasteiger partial charge in [0.05, 0.1) is 11.0 Å². The number of fused-ring (bicyclic) bond motifs is 1. The molecule has 102 valence electrons. The molecule has 0 aliphatic heterocycles. The van der Waals surface area contributed by atoms with E-state index in [-0.39, 0.29) is 0 Å². The molecule has 0 radical (unpaired) electrons. The van der Waals surface area contributed by atoms with Gasteiger partial charge in [0.15, 0.2) is 0 Å². The molecule has 3 rings (SSSR count). The largest absolute Gasteiger partial charge is 0.399 e. The van der Waals surface area contributed by atoms with Gasteiger partial charge in [0.25, 0.3) is 0 Å². The number of nitrogens with two attached hydrogens (primary N) is 1. The summed E-state index contributed by atoms with van der Waals surface area (Å²) in [6.45, 7) is 3.06. The second kappa shape index (κ2) is 5.17. The zero-order valence-electron chi connectivity index (χ0n) is 11.3. The van der Waals surface area contributed by atoms with Crippen LogP contribution < -0.4 is 5.73 Å². The Morgan fingerprint density at radius 3 is 2.80 bits per heavy atom. The fourth-order valence-electron chi connectivity index (χ4n) is 2.44. The molecule has 0 amide bonds. The zero-order valence-corrected chi connectivity index (χ0v) is 12.1. The Morgan fingerprint density at radius 1 is 1.20 bits per heavy atom. The Kier molecular flexibility index (Phi) is 3.36. The standard InChI is InChI=1S/C16H16ClN3/c1-2-8-20-15-10-12(17)6-7-14(15)19-16(20)11-4-3-5-13(18)9-11/h3-7,9-10H,2,8,18H2,1H3. The highest BCUT2D eigenvalue weighted by Gasteiger charge is 2.12. The van der Waals surface area contributed by atoms with E-state index in [0.717, 1.165) is 46.1 Å². The normalized spacial score (nSPS) is 11.1. The minimum atomic E-state index is 0.730. The molecule has 2 N–H and O–H groups in total. The first-order valence-corrected chi connectivity index (χ1v) is 7.08. The molecule has 0 aliphatic rings. The Morgan fingerprint density at radius 2 is 2.05 bits per heavy atom. The molecule has 4 heteroatoms. The van der Waals surface area contributed by atoms with Crippen LogP contribution in [-0.2, 0) is 6.54 Å². The maximum atomic E-state index is 6.11. The molecular weight excluding hydrogens is 270 g/mol. The number of nitrogens with zero attached hydrogens (tertiary/aromatic N) is 2. The highest BCUT2D eigenvalue weighted by Crippen LogP contribution is 2.28. The molecule has 0 saturated carbocycles. The van der Waals surface area contributed by atoms with Crippen molar-refractivity contribution in [2.24, 2.45) is 0 Å². The molecule has 0 unspecified atom stereocenters. The van der Waals surface area contributed by atoms with Gasteiger partial charge in [0.1, 0.15) is 5.82 Å². The van der Waals surface area contributed by atoms with Crippen molar-refractivity contribution >= 4 is 28.3 Å². The summed E-state index contributed by atoms with van der Waals surface area (Å²) in [6.07, 6.45) is 1.04. The van der Waals surface area contributed by atoms with Crippen LogP contribution in [0.4, 0.5) is 5.69 Å². The zero-order chi connectivity index (χ0) is 14.1. The van der Waals surface area contributed by atoms with E-state index < -0.39 is 0 Å². The molecule has 0 bridgehead atoms. The molecule has 1 heterocycles. The number of aromatic nitrogens is 2. The van der Waals surface area contributed by atoms with Crippen molar-refractivity contribution in [3.63, 3.8) is 0 Å². The van der Waals surface area contributed by atoms with E-state index in [2.05, 4.69) is 11.5 Å². The molecule has 2 aromatic carbocycles. The van der Waals surface area contributed by atoms with Gasteiger partial charge in [-0.25, -0.2) is 4.98 Å². The van der Waals surface area contributed by atoms with E-state index in [9.17, 15) is 0 Å². The van der Waals surface area contributed by atoms with Crippen LogP contribution in [0.1, 0.15) is 13.3 Å². The summed E-state index contributed by atoms with van der Waals surface area (Å²) in [6, 6.07) is 13.6. The van der Waals surface area contributed by atoms with Crippen molar-refractivity contribution in [1.29, 1.82) is 0 Å². The second-order valence-corrected chi connectivity index (χ2v) is 5.28. The van der Waals surface area contributed by atoms with E-state index in [4.69, 9.17) is 22.3 Å². The van der Waals surface area contributed by atoms with E-state index in [1.165, 1.54) is 0 Å². The molecule has 20 heavy (non-hydrogen) atoms. The summed E-state index contributed by atoms with van der Waals surface area (Å²) in [5, 5.41) is 0.730. The maximum Gasteiger partial charge on any atom is 0.141 e. The van der Waals surface area contributed by atoms with Crippen LogP contribution >= 0.6 is 11.6 Å². The van der Waals surface area contributed by atoms with Crippen LogP contribution in [0.25, 0.3) is 22.4 Å². The van der Waals surface area contributed by atoms with Crippen molar-refractivity contribution < 1.29 is 0 Å². The molecule has 3 nitrogen and oxygen atoms in total. The quantitative estimate of drug-likeness (QED) is 0.727. The fourth-order valence-corrected chi connectivity index (χ4v) is 2.61. The van der Waals surface area contributed by atoms with E-state index >= 15 is 0 Å². The van der Waals surface area contributed by atoms with Gasteiger partial charge in [-0.05, 0) is 36.8 Å². The summed E-state index contributed by atoms with van der Waals surface area (Å²) in [4.78, 5) is 4.73. The highest BCUT2D eigenvalue weighted by atomic mass is 35.5. The summed E-state index contributed by atoms with van der Waals surface area (Å²) in [5.41, 5.74) is 9.68. The van der Waals surface area contributed by atoms with Crippen molar-refractivity contribution in [1.82, 2.24) is 9.55 Å². The number of benzene rings is 2. The number of hydrogen-bond acceptors (Lipinski definition) is 2. The van der Waals surface area contributed by atoms with Crippen molar-refractivity contribution in [3.8, 4) is 11.4 Å². The van der Waals surface area contributed by atoms with Crippen LogP contribution in [0.5, 0.6) is 0 Å². The van der Waals surface area contributed by atoms with Crippen LogP contribution in [-0.4, -0.2) is 9.55 Å². The van der Waals surface area contributed by atoms with Crippen molar-refractivity contribution in [2.75, 3.05) is 5.73 Å². The third-order valence-electron chi connectivity index (χ3n) is 3.30. The number of nitrogen functional groups attached to an aromatic ring is 1. The smallest absolute Gasteiger partial charge is 0.141 e. The van der Waals surface area contributed by atoms with Gasteiger partial charge in [-0.3, -0.25) is 0 Å². The third kappa shape index (κ3) is 2.25. The highest BCUT2D eigenvalue weighted by molar-refractivity contribution is 6.31. The lowest BCUT2D eigenvalue weighted by Gasteiger charge is -2.08. The Balaban J connectivity index is 2.26. The SMILES string of the molecule is CCCn1c(-c2cccc(N)c2)nc2ccc(Cl)cc21. The Hall–Kier alpha value is -2.00. The van der Waals surface area contributed by atoms with Gasteiger partial charge in [-0.1, -0.05) is 30.7 Å². The first kappa shape index (κ1) is 13.0. The lowest BCUT2D eigenvalue weighted by Crippen LogP contribution is -2.00. The van der Waals surface area contributed by atoms with Gasteiger partial charge in [0.2, 0.25) is 0 Å². The predicted octanol–water partition coefficient (Wildman–Crippen LogP) is 4.35. The van der Waals surface area contributed by atoms with Crippen LogP contribution in [0.3, 0.4) is 0 Å². The van der Waals surface area contributed by atoms with Crippen molar-refractivity contribution in [2.45, 2.75) is 19.9 Å². The molecule has 0 aliphatic carbocycles. The average Bonchev–Trinajstić information content (AvgIpc) is 2.78. The lowest BCUT2D eigenvalue weighted by molar-refractivity contribution is 0.704. The molecule has 3 aromatic rings. The maximum absolute atomic E-state index is 6.11. The molecule has 0 saturated heterocycles. The van der Waals surface area contributed by atoms with E-state index in [1.807, 2.05) is 42.5 Å². The average molecular weight is 286 g/mol. The summed E-state index contributed by atoms with van der Waals surface area (Å²) < 4.78 is 2.20. The minimum absolute atomic E-state index is 0.730. The third-order valence-corrected chi connectivity index (χ3v) is 3.54. The number of hydrogen-bond donors (Lipinski definition) is 1. The number of anilines is 1. The van der Waals surface area contributed by atoms with E-state index in [1.54, 1.807) is 0 Å². The predicted molar refractivity (Wildman–Crippen MR) is 84.9 cm³/mol. The van der Waals surface area contributed by atoms with Crippen LogP contribution in [0.2, 0.25) is 5.02 Å². The minimum Gasteiger partial charge on any atom is -0.399 e. The Labute approximate surface area is 123 Å². The number of rotatable bonds is 3. The summed E-state index contributed by atoms with van der Waals surface area (Å²) in [5.74, 6) is 0.941. The molecule has 0 fully saturated rings. The van der Waals surface area contributed by atoms with Gasteiger partial charge >= 0.3 is 0 Å². The van der Waals surface area contributed by atoms with Gasteiger partial charge in [0, 0.05) is 22.8 Å². The van der Waals surface area contributed by atoms with Gasteiger partial charge in [-0.15, -0.1) is 0 Å². The van der Waals surface area contributed by atoms with Gasteiger partial charge < -0.3 is 10.3 Å². The molecular formula is C16H16ClN3. The number of halogens is 1. The first-order chi connectivity index (χ1) is 9.69. The molecule has 0 spiro atoms. The van der Waals surface area contributed by atoms with Crippen LogP contribution in [0.15, 0.2) is 42.5 Å². The monoisotopic (exact) mass is 285 g/mol. The van der Waals surface area contributed by atoms with Gasteiger partial charge in [-0.2, -0.15) is 0 Å². The summed E-state index contributed by atoms with van der Waals surface area (Å²) >= 11 is 6.11. The van der Waals surface area contributed by atoms with Crippen LogP contribution in [0, 0.1) is 0 Å². The summed E-state index contributed by atoms with van der Waals surface area (Å²) in [7, 11) is 0. The lowest BCUT2D eigenvalue weighted by atomic mass is 10.2. The van der Waals surface area contributed by atoms with E-state index in [0.29, 0.717) is 0 Å². The molecule has 0 atom stereocenters. The first-order valence-electron chi connectivity index (χ1n) is 6.70. The number of imidazole rings is 1.